The fraction of sp³-hybridized carbons (Fsp3) is 0.500. The molecule has 0 atom stereocenters. The van der Waals surface area contributed by atoms with E-state index >= 15 is 0 Å². The number of benzene rings is 1. The van der Waals surface area contributed by atoms with E-state index in [1.807, 2.05) is 6.26 Å². The van der Waals surface area contributed by atoms with Crippen molar-refractivity contribution in [2.75, 3.05) is 31.4 Å². The second-order valence-electron chi connectivity index (χ2n) is 5.72. The highest BCUT2D eigenvalue weighted by atomic mass is 32.2. The van der Waals surface area contributed by atoms with Crippen molar-refractivity contribution in [2.45, 2.75) is 24.2 Å². The number of nitrogens with zero attached hydrogens (tertiary/aromatic N) is 2. The van der Waals surface area contributed by atoms with Gasteiger partial charge in [0.2, 0.25) is 11.8 Å². The molecule has 6 nitrogen and oxygen atoms in total. The molecule has 1 aliphatic heterocycles. The van der Waals surface area contributed by atoms with Crippen LogP contribution in [0.4, 0.5) is 0 Å². The molecule has 2 rings (SSSR count). The molecule has 132 valence electrons. The highest BCUT2D eigenvalue weighted by molar-refractivity contribution is 7.98. The van der Waals surface area contributed by atoms with Crippen molar-refractivity contribution in [1.29, 1.82) is 0 Å². The quantitative estimate of drug-likeness (QED) is 0.756. The van der Waals surface area contributed by atoms with Crippen molar-refractivity contribution >= 4 is 33.4 Å². The Bertz CT molecular complexity index is 701. The first-order chi connectivity index (χ1) is 11.3. The Balaban J connectivity index is 2.02. The zero-order valence-corrected chi connectivity index (χ0v) is 15.5. The Hall–Kier alpha value is -1.54. The first kappa shape index (κ1) is 18.8. The van der Waals surface area contributed by atoms with Crippen LogP contribution in [0.5, 0.6) is 0 Å². The summed E-state index contributed by atoms with van der Waals surface area (Å²) in [6, 6.07) is 6.29. The topological polar surface area (TPSA) is 74.8 Å². The number of carbonyl (C=O) groups is 2. The monoisotopic (exact) mass is 370 g/mol. The molecule has 0 aliphatic carbocycles. The second-order valence-corrected chi connectivity index (χ2v) is 8.72. The van der Waals surface area contributed by atoms with E-state index in [1.165, 1.54) is 17.1 Å². The van der Waals surface area contributed by atoms with Gasteiger partial charge in [-0.3, -0.25) is 19.6 Å². The van der Waals surface area contributed by atoms with Gasteiger partial charge in [-0.05, 0) is 30.4 Å². The zero-order valence-electron chi connectivity index (χ0n) is 13.9. The van der Waals surface area contributed by atoms with Crippen LogP contribution >= 0.6 is 11.8 Å². The first-order valence-corrected chi connectivity index (χ1v) is 11.0. The highest BCUT2D eigenvalue weighted by Gasteiger charge is 2.30. The molecule has 0 N–H and O–H groups in total. The van der Waals surface area contributed by atoms with Crippen LogP contribution in [0.2, 0.25) is 0 Å². The van der Waals surface area contributed by atoms with Gasteiger partial charge in [-0.25, -0.2) is 8.42 Å². The van der Waals surface area contributed by atoms with Gasteiger partial charge in [0, 0.05) is 31.5 Å². The van der Waals surface area contributed by atoms with Gasteiger partial charge in [-0.1, -0.05) is 12.1 Å². The van der Waals surface area contributed by atoms with Gasteiger partial charge in [-0.2, -0.15) is 11.8 Å². The molecule has 1 aromatic carbocycles. The summed E-state index contributed by atoms with van der Waals surface area (Å²) < 4.78 is 22.9. The third kappa shape index (κ3) is 4.73. The van der Waals surface area contributed by atoms with Crippen molar-refractivity contribution in [3.05, 3.63) is 29.8 Å². The van der Waals surface area contributed by atoms with Crippen molar-refractivity contribution in [1.82, 2.24) is 10.0 Å². The van der Waals surface area contributed by atoms with Crippen LogP contribution in [0.25, 0.3) is 0 Å². The Kier molecular flexibility index (Phi) is 6.28. The zero-order chi connectivity index (χ0) is 17.7. The largest absolute Gasteiger partial charge is 0.273 e. The Morgan fingerprint density at radius 2 is 1.67 bits per heavy atom. The van der Waals surface area contributed by atoms with Crippen LogP contribution in [0.3, 0.4) is 0 Å². The lowest BCUT2D eigenvalue weighted by Gasteiger charge is -2.28. The van der Waals surface area contributed by atoms with Gasteiger partial charge in [-0.15, -0.1) is 0 Å². The molecule has 1 saturated heterocycles. The number of amides is 2. The fourth-order valence-corrected chi connectivity index (χ4v) is 3.58. The molecular formula is C16H22N2O4S2. The predicted molar refractivity (Wildman–Crippen MR) is 94.3 cm³/mol. The smallest absolute Gasteiger partial charge is 0.245 e. The molecule has 0 aromatic heterocycles. The minimum Gasteiger partial charge on any atom is -0.273 e. The average Bonchev–Trinajstić information content (AvgIpc) is 3.02. The summed E-state index contributed by atoms with van der Waals surface area (Å²) >= 11 is 1.60. The van der Waals surface area contributed by atoms with Gasteiger partial charge >= 0.3 is 0 Å². The van der Waals surface area contributed by atoms with Crippen LogP contribution in [0.15, 0.2) is 29.2 Å². The molecular weight excluding hydrogens is 348 g/mol. The SMILES string of the molecule is CSCCC(=O)N1CCCN1C(=O)Cc1ccc(S(C)(=O)=O)cc1. The molecule has 0 spiro atoms. The van der Waals surface area contributed by atoms with E-state index in [-0.39, 0.29) is 23.1 Å². The number of hydrazine groups is 1. The number of thioether (sulfide) groups is 1. The van der Waals surface area contributed by atoms with Gasteiger partial charge in [0.25, 0.3) is 0 Å². The summed E-state index contributed by atoms with van der Waals surface area (Å²) in [5.74, 6) is 0.573. The summed E-state index contributed by atoms with van der Waals surface area (Å²) in [5.41, 5.74) is 0.732. The summed E-state index contributed by atoms with van der Waals surface area (Å²) in [4.78, 5) is 24.9. The molecule has 1 aromatic rings. The van der Waals surface area contributed by atoms with Crippen LogP contribution in [0, 0.1) is 0 Å². The maximum Gasteiger partial charge on any atom is 0.245 e. The van der Waals surface area contributed by atoms with E-state index in [0.29, 0.717) is 19.5 Å². The maximum atomic E-state index is 12.5. The highest BCUT2D eigenvalue weighted by Crippen LogP contribution is 2.16. The lowest BCUT2D eigenvalue weighted by Crippen LogP contribution is -2.45. The van der Waals surface area contributed by atoms with E-state index < -0.39 is 9.84 Å². The Morgan fingerprint density at radius 3 is 2.21 bits per heavy atom. The molecule has 1 aliphatic rings. The minimum atomic E-state index is -3.24. The van der Waals surface area contributed by atoms with Crippen LogP contribution in [-0.2, 0) is 25.8 Å². The molecule has 1 fully saturated rings. The van der Waals surface area contributed by atoms with E-state index in [0.717, 1.165) is 24.0 Å². The number of hydrogen-bond acceptors (Lipinski definition) is 5. The van der Waals surface area contributed by atoms with Crippen LogP contribution < -0.4 is 0 Å². The van der Waals surface area contributed by atoms with Crippen LogP contribution in [0.1, 0.15) is 18.4 Å². The summed E-state index contributed by atoms with van der Waals surface area (Å²) in [6.45, 7) is 1.12. The first-order valence-electron chi connectivity index (χ1n) is 7.71. The Labute approximate surface area is 147 Å². The molecule has 2 amide bonds. The maximum absolute atomic E-state index is 12.5. The normalized spacial score (nSPS) is 14.9. The van der Waals surface area contributed by atoms with E-state index in [1.54, 1.807) is 28.9 Å². The standard InChI is InChI=1S/C16H22N2O4S2/c1-23-11-8-15(19)17-9-3-10-18(17)16(20)12-13-4-6-14(7-5-13)24(2,21)22/h4-7H,3,8-12H2,1-2H3. The van der Waals surface area contributed by atoms with Gasteiger partial charge in [0.05, 0.1) is 11.3 Å². The predicted octanol–water partition coefficient (Wildman–Crippen LogP) is 1.36. The number of hydrogen-bond donors (Lipinski definition) is 0. The third-order valence-electron chi connectivity index (χ3n) is 3.83. The lowest BCUT2D eigenvalue weighted by atomic mass is 10.1. The van der Waals surface area contributed by atoms with E-state index in [2.05, 4.69) is 0 Å². The Morgan fingerprint density at radius 1 is 1.08 bits per heavy atom. The van der Waals surface area contributed by atoms with E-state index in [9.17, 15) is 18.0 Å². The molecule has 8 heteroatoms. The molecule has 24 heavy (non-hydrogen) atoms. The summed E-state index contributed by atoms with van der Waals surface area (Å²) in [5, 5.41) is 3.07. The van der Waals surface area contributed by atoms with Crippen LogP contribution in [-0.4, -0.2) is 61.6 Å². The van der Waals surface area contributed by atoms with Gasteiger partial charge < -0.3 is 0 Å². The molecule has 0 radical (unpaired) electrons. The number of rotatable bonds is 6. The molecule has 0 unspecified atom stereocenters. The lowest BCUT2D eigenvalue weighted by molar-refractivity contribution is -0.157. The summed E-state index contributed by atoms with van der Waals surface area (Å²) in [6.07, 6.45) is 4.45. The number of sulfone groups is 1. The molecule has 0 bridgehead atoms. The number of carbonyl (C=O) groups excluding carboxylic acids is 2. The van der Waals surface area contributed by atoms with Crippen molar-refractivity contribution in [3.8, 4) is 0 Å². The van der Waals surface area contributed by atoms with Gasteiger partial charge in [0.15, 0.2) is 9.84 Å². The van der Waals surface area contributed by atoms with Gasteiger partial charge in [0.1, 0.15) is 0 Å². The minimum absolute atomic E-state index is 0.0253. The van der Waals surface area contributed by atoms with Crippen molar-refractivity contribution in [3.63, 3.8) is 0 Å². The van der Waals surface area contributed by atoms with Crippen molar-refractivity contribution < 1.29 is 18.0 Å². The molecule has 1 heterocycles. The second kappa shape index (κ2) is 8.02. The molecule has 0 saturated carbocycles. The fourth-order valence-electron chi connectivity index (χ4n) is 2.57. The van der Waals surface area contributed by atoms with Crippen molar-refractivity contribution in [2.24, 2.45) is 0 Å². The third-order valence-corrected chi connectivity index (χ3v) is 5.57. The summed E-state index contributed by atoms with van der Waals surface area (Å²) in [7, 11) is -3.24. The van der Waals surface area contributed by atoms with E-state index in [4.69, 9.17) is 0 Å². The average molecular weight is 370 g/mol.